The lowest BCUT2D eigenvalue weighted by Gasteiger charge is -2.29. The van der Waals surface area contributed by atoms with Gasteiger partial charge in [0.1, 0.15) is 0 Å². The third kappa shape index (κ3) is 5.46. The van der Waals surface area contributed by atoms with Crippen LogP contribution in [0.15, 0.2) is 200 Å². The average molecular weight is 656 g/mol. The van der Waals surface area contributed by atoms with E-state index in [0.29, 0.717) is 0 Å². The van der Waals surface area contributed by atoms with E-state index in [2.05, 4.69) is 205 Å². The number of nitrogens with zero attached hydrogens (tertiary/aromatic N) is 1. The molecule has 0 amide bonds. The maximum atomic E-state index is 2.46. The topological polar surface area (TPSA) is 3.24 Å². The Morgan fingerprint density at radius 1 is 0.320 bits per heavy atom. The first kappa shape index (κ1) is 29.9. The molecule has 0 saturated heterocycles. The minimum Gasteiger partial charge on any atom is -0.309 e. The Kier molecular flexibility index (Phi) is 7.77. The molecule has 0 saturated carbocycles. The minimum atomic E-state index is 1.11. The van der Waals surface area contributed by atoms with E-state index in [1.807, 2.05) is 11.3 Å². The van der Waals surface area contributed by atoms with Crippen molar-refractivity contribution in [2.45, 2.75) is 0 Å². The van der Waals surface area contributed by atoms with Crippen LogP contribution in [0.1, 0.15) is 0 Å². The van der Waals surface area contributed by atoms with Gasteiger partial charge < -0.3 is 4.90 Å². The molecule has 2 heteroatoms. The summed E-state index contributed by atoms with van der Waals surface area (Å²) in [6.07, 6.45) is 0. The number of thiophene rings is 1. The van der Waals surface area contributed by atoms with Crippen LogP contribution in [-0.2, 0) is 0 Å². The standard InChI is InChI=1S/C48H33NS/c1-4-15-34(16-5-1)35-27-30-39(31-28-35)49(45-24-14-26-47-48(45)42-23-12-13-25-46(42)50-47)44-32-29-38(33-43(44)37-19-8-3-9-20-37)41-22-11-10-21-40(41)36-17-6-2-7-18-36/h1-33H. The Labute approximate surface area is 297 Å². The predicted molar refractivity (Wildman–Crippen MR) is 216 cm³/mol. The number of rotatable bonds is 7. The molecule has 0 aliphatic rings. The van der Waals surface area contributed by atoms with Gasteiger partial charge in [-0.05, 0) is 81.4 Å². The molecule has 0 N–H and O–H groups in total. The second-order valence-electron chi connectivity index (χ2n) is 12.5. The molecular formula is C48H33NS. The summed E-state index contributed by atoms with van der Waals surface area (Å²) in [5.41, 5.74) is 13.0. The Morgan fingerprint density at radius 3 is 1.54 bits per heavy atom. The summed E-state index contributed by atoms with van der Waals surface area (Å²) in [5, 5.41) is 2.56. The van der Waals surface area contributed by atoms with Crippen molar-refractivity contribution >= 4 is 48.6 Å². The average Bonchev–Trinajstić information content (AvgIpc) is 3.59. The number of benzene rings is 8. The van der Waals surface area contributed by atoms with E-state index in [0.717, 1.165) is 11.4 Å². The minimum absolute atomic E-state index is 1.11. The fourth-order valence-corrected chi connectivity index (χ4v) is 8.26. The second kappa shape index (κ2) is 13.0. The molecule has 0 spiro atoms. The highest BCUT2D eigenvalue weighted by Gasteiger charge is 2.22. The van der Waals surface area contributed by atoms with Gasteiger partial charge in [-0.1, -0.05) is 158 Å². The highest BCUT2D eigenvalue weighted by atomic mass is 32.1. The fraction of sp³-hybridized carbons (Fsp3) is 0. The van der Waals surface area contributed by atoms with Crippen LogP contribution in [0.5, 0.6) is 0 Å². The Bertz CT molecular complexity index is 2570. The van der Waals surface area contributed by atoms with E-state index >= 15 is 0 Å². The summed E-state index contributed by atoms with van der Waals surface area (Å²) in [5.74, 6) is 0. The number of hydrogen-bond acceptors (Lipinski definition) is 2. The smallest absolute Gasteiger partial charge is 0.0555 e. The SMILES string of the molecule is c1ccc(-c2ccc(N(c3ccc(-c4ccccc4-c4ccccc4)cc3-c3ccccc3)c3cccc4sc5ccccc5c34)cc2)cc1. The summed E-state index contributed by atoms with van der Waals surface area (Å²) in [7, 11) is 0. The van der Waals surface area contributed by atoms with Gasteiger partial charge in [0.15, 0.2) is 0 Å². The van der Waals surface area contributed by atoms with Crippen molar-refractivity contribution in [3.63, 3.8) is 0 Å². The fourth-order valence-electron chi connectivity index (χ4n) is 7.14. The van der Waals surface area contributed by atoms with Crippen molar-refractivity contribution in [3.8, 4) is 44.5 Å². The molecule has 1 heterocycles. The van der Waals surface area contributed by atoms with E-state index in [-0.39, 0.29) is 0 Å². The lowest BCUT2D eigenvalue weighted by molar-refractivity contribution is 1.30. The van der Waals surface area contributed by atoms with Gasteiger partial charge in [-0.3, -0.25) is 0 Å². The van der Waals surface area contributed by atoms with Crippen molar-refractivity contribution < 1.29 is 0 Å². The predicted octanol–water partition coefficient (Wildman–Crippen LogP) is 14.2. The third-order valence-electron chi connectivity index (χ3n) is 9.50. The lowest BCUT2D eigenvalue weighted by Crippen LogP contribution is -2.11. The van der Waals surface area contributed by atoms with Gasteiger partial charge in [0.05, 0.1) is 11.4 Å². The van der Waals surface area contributed by atoms with Crippen molar-refractivity contribution in [1.29, 1.82) is 0 Å². The number of fused-ring (bicyclic) bond motifs is 3. The zero-order valence-corrected chi connectivity index (χ0v) is 28.2. The molecule has 236 valence electrons. The first-order valence-electron chi connectivity index (χ1n) is 17.0. The molecule has 9 aromatic rings. The Balaban J connectivity index is 1.30. The van der Waals surface area contributed by atoms with Gasteiger partial charge in [-0.25, -0.2) is 0 Å². The highest BCUT2D eigenvalue weighted by molar-refractivity contribution is 7.26. The number of hydrogen-bond donors (Lipinski definition) is 0. The summed E-state index contributed by atoms with van der Waals surface area (Å²) in [4.78, 5) is 2.46. The van der Waals surface area contributed by atoms with Crippen LogP contribution >= 0.6 is 11.3 Å². The summed E-state index contributed by atoms with van der Waals surface area (Å²) in [6.45, 7) is 0. The molecule has 0 atom stereocenters. The Hall–Kier alpha value is -6.22. The van der Waals surface area contributed by atoms with Crippen LogP contribution < -0.4 is 4.90 Å². The van der Waals surface area contributed by atoms with Gasteiger partial charge in [0, 0.05) is 31.4 Å². The van der Waals surface area contributed by atoms with Gasteiger partial charge in [-0.15, -0.1) is 11.3 Å². The molecule has 0 unspecified atom stereocenters. The van der Waals surface area contributed by atoms with E-state index in [4.69, 9.17) is 0 Å². The molecule has 0 aliphatic carbocycles. The zero-order chi connectivity index (χ0) is 33.3. The summed E-state index contributed by atoms with van der Waals surface area (Å²) >= 11 is 1.86. The largest absolute Gasteiger partial charge is 0.309 e. The maximum absolute atomic E-state index is 2.46. The summed E-state index contributed by atoms with van der Waals surface area (Å²) in [6, 6.07) is 72.4. The van der Waals surface area contributed by atoms with Crippen LogP contribution in [0.25, 0.3) is 64.7 Å². The molecule has 0 bridgehead atoms. The van der Waals surface area contributed by atoms with Gasteiger partial charge in [0.2, 0.25) is 0 Å². The van der Waals surface area contributed by atoms with Crippen molar-refractivity contribution in [2.24, 2.45) is 0 Å². The molecule has 50 heavy (non-hydrogen) atoms. The summed E-state index contributed by atoms with van der Waals surface area (Å²) < 4.78 is 2.58. The molecular weight excluding hydrogens is 623 g/mol. The number of anilines is 3. The van der Waals surface area contributed by atoms with Gasteiger partial charge in [-0.2, -0.15) is 0 Å². The second-order valence-corrected chi connectivity index (χ2v) is 13.6. The Morgan fingerprint density at radius 2 is 0.840 bits per heavy atom. The van der Waals surface area contributed by atoms with E-state index in [9.17, 15) is 0 Å². The lowest BCUT2D eigenvalue weighted by atomic mass is 9.91. The normalized spacial score (nSPS) is 11.2. The van der Waals surface area contributed by atoms with Gasteiger partial charge in [0.25, 0.3) is 0 Å². The quantitative estimate of drug-likeness (QED) is 0.165. The first-order chi connectivity index (χ1) is 24.8. The van der Waals surface area contributed by atoms with Crippen molar-refractivity contribution in [2.75, 3.05) is 4.90 Å². The zero-order valence-electron chi connectivity index (χ0n) is 27.4. The van der Waals surface area contributed by atoms with Crippen LogP contribution in [0.2, 0.25) is 0 Å². The molecule has 0 aliphatic heterocycles. The first-order valence-corrected chi connectivity index (χ1v) is 17.8. The van der Waals surface area contributed by atoms with Crippen LogP contribution in [0.3, 0.4) is 0 Å². The van der Waals surface area contributed by atoms with E-state index < -0.39 is 0 Å². The van der Waals surface area contributed by atoms with E-state index in [1.54, 1.807) is 0 Å². The van der Waals surface area contributed by atoms with Crippen LogP contribution in [0.4, 0.5) is 17.1 Å². The maximum Gasteiger partial charge on any atom is 0.0555 e. The molecule has 0 radical (unpaired) electrons. The molecule has 1 aromatic heterocycles. The monoisotopic (exact) mass is 655 g/mol. The molecule has 1 nitrogen and oxygen atoms in total. The third-order valence-corrected chi connectivity index (χ3v) is 10.6. The van der Waals surface area contributed by atoms with Crippen LogP contribution in [0, 0.1) is 0 Å². The van der Waals surface area contributed by atoms with Gasteiger partial charge >= 0.3 is 0 Å². The van der Waals surface area contributed by atoms with Crippen molar-refractivity contribution in [1.82, 2.24) is 0 Å². The molecule has 0 fully saturated rings. The van der Waals surface area contributed by atoms with Crippen molar-refractivity contribution in [3.05, 3.63) is 200 Å². The highest BCUT2D eigenvalue weighted by Crippen LogP contribution is 2.48. The molecule has 8 aromatic carbocycles. The van der Waals surface area contributed by atoms with Crippen LogP contribution in [-0.4, -0.2) is 0 Å². The molecule has 9 rings (SSSR count). The van der Waals surface area contributed by atoms with E-state index in [1.165, 1.54) is 70.4 Å².